The lowest BCUT2D eigenvalue weighted by atomic mass is 9.92. The van der Waals surface area contributed by atoms with Crippen LogP contribution in [0.4, 0.5) is 13.2 Å². The molecule has 2 aliphatic heterocycles. The molecule has 2 unspecified atom stereocenters. The summed E-state index contributed by atoms with van der Waals surface area (Å²) >= 11 is 12.5. The van der Waals surface area contributed by atoms with Gasteiger partial charge in [0.25, 0.3) is 0 Å². The van der Waals surface area contributed by atoms with Crippen LogP contribution < -0.4 is 10.6 Å². The summed E-state index contributed by atoms with van der Waals surface area (Å²) in [5.74, 6) is 0.0541. The molecule has 3 atom stereocenters. The fourth-order valence-corrected chi connectivity index (χ4v) is 7.06. The summed E-state index contributed by atoms with van der Waals surface area (Å²) in [6.07, 6.45) is 0.312. The van der Waals surface area contributed by atoms with E-state index in [-0.39, 0.29) is 30.3 Å². The minimum Gasteiger partial charge on any atom is -0.343 e. The zero-order valence-electron chi connectivity index (χ0n) is 23.2. The molecule has 2 N–H and O–H groups in total. The van der Waals surface area contributed by atoms with Crippen molar-refractivity contribution in [3.63, 3.8) is 0 Å². The van der Waals surface area contributed by atoms with Crippen LogP contribution in [0, 0.1) is 5.92 Å². The summed E-state index contributed by atoms with van der Waals surface area (Å²) in [6.45, 7) is 5.25. The second-order valence-corrected chi connectivity index (χ2v) is 13.1. The van der Waals surface area contributed by atoms with E-state index >= 15 is 0 Å². The highest BCUT2D eigenvalue weighted by Gasteiger charge is 2.54. The van der Waals surface area contributed by atoms with E-state index in [0.29, 0.717) is 46.0 Å². The molecule has 2 aromatic rings. The molecule has 2 heterocycles. The predicted molar refractivity (Wildman–Crippen MR) is 154 cm³/mol. The monoisotopic (exact) mass is 609 g/mol. The molecule has 5 rings (SSSR count). The first kappa shape index (κ1) is 30.2. The first-order valence-corrected chi connectivity index (χ1v) is 15.1. The van der Waals surface area contributed by atoms with Gasteiger partial charge in [-0.3, -0.25) is 9.59 Å². The van der Waals surface area contributed by atoms with E-state index in [1.807, 2.05) is 4.90 Å². The molecule has 0 radical (unpaired) electrons. The zero-order chi connectivity index (χ0) is 29.5. The summed E-state index contributed by atoms with van der Waals surface area (Å²) in [7, 11) is 0. The first-order valence-electron chi connectivity index (χ1n) is 14.4. The Hall–Kier alpha value is -2.29. The molecule has 1 saturated carbocycles. The van der Waals surface area contributed by atoms with E-state index in [9.17, 15) is 22.8 Å². The van der Waals surface area contributed by atoms with Crippen LogP contribution in [0.5, 0.6) is 0 Å². The Bertz CT molecular complexity index is 1270. The van der Waals surface area contributed by atoms with Gasteiger partial charge < -0.3 is 15.5 Å². The quantitative estimate of drug-likeness (QED) is 0.339. The highest BCUT2D eigenvalue weighted by Crippen LogP contribution is 2.51. The number of benzene rings is 2. The largest absolute Gasteiger partial charge is 0.416 e. The van der Waals surface area contributed by atoms with E-state index in [1.54, 1.807) is 18.2 Å². The minimum absolute atomic E-state index is 0.0681. The van der Waals surface area contributed by atoms with Gasteiger partial charge in [0.1, 0.15) is 6.04 Å². The van der Waals surface area contributed by atoms with Crippen LogP contribution in [0.2, 0.25) is 10.0 Å². The summed E-state index contributed by atoms with van der Waals surface area (Å²) in [5, 5.41) is 7.50. The molecule has 2 bridgehead atoms. The topological polar surface area (TPSA) is 61.4 Å². The molecule has 10 heteroatoms. The van der Waals surface area contributed by atoms with Crippen molar-refractivity contribution >= 4 is 35.0 Å². The molecule has 2 amide bonds. The zero-order valence-corrected chi connectivity index (χ0v) is 24.8. The van der Waals surface area contributed by atoms with Crippen LogP contribution >= 0.6 is 23.2 Å². The SMILES string of the molecule is CC(C)CNC1CC2CCC(C1)N2C(=O)[C@H](Cc1ccc(C(F)(F)F)cc1)NC(=O)C1(c2ccc(Cl)cc2Cl)CC1. The van der Waals surface area contributed by atoms with Gasteiger partial charge >= 0.3 is 6.18 Å². The Labute approximate surface area is 249 Å². The normalized spacial score (nSPS) is 23.9. The van der Waals surface area contributed by atoms with Gasteiger partial charge in [0.15, 0.2) is 0 Å². The van der Waals surface area contributed by atoms with Gasteiger partial charge in [0.2, 0.25) is 11.8 Å². The van der Waals surface area contributed by atoms with Crippen LogP contribution in [0.15, 0.2) is 42.5 Å². The Morgan fingerprint density at radius 2 is 1.66 bits per heavy atom. The molecule has 0 aromatic heterocycles. The highest BCUT2D eigenvalue weighted by atomic mass is 35.5. The molecule has 3 aliphatic rings. The summed E-state index contributed by atoms with van der Waals surface area (Å²) < 4.78 is 39.5. The standard InChI is InChI=1S/C31H36Cl2F3N3O2/c1-18(2)17-37-22-15-23-8-9-24(16-22)39(23)28(40)27(13-19-3-5-20(6-4-19)31(34,35)36)38-29(41)30(11-12-30)25-10-7-21(32)14-26(25)33/h3-7,10,14,18,22-24,27,37H,8-9,11-13,15-17H2,1-2H3,(H,38,41)/t22?,23?,24?,27-/m0/s1. The molecule has 2 aromatic carbocycles. The van der Waals surface area contributed by atoms with Crippen LogP contribution in [-0.2, 0) is 27.6 Å². The number of alkyl halides is 3. The van der Waals surface area contributed by atoms with Crippen molar-refractivity contribution in [1.29, 1.82) is 0 Å². The van der Waals surface area contributed by atoms with Crippen LogP contribution in [-0.4, -0.2) is 47.4 Å². The third-order valence-electron chi connectivity index (χ3n) is 8.76. The summed E-state index contributed by atoms with van der Waals surface area (Å²) in [5.41, 5.74) is -0.394. The van der Waals surface area contributed by atoms with E-state index < -0.39 is 23.2 Å². The smallest absolute Gasteiger partial charge is 0.343 e. The number of carbonyl (C=O) groups is 2. The predicted octanol–water partition coefficient (Wildman–Crippen LogP) is 6.54. The van der Waals surface area contributed by atoms with E-state index in [4.69, 9.17) is 23.2 Å². The average Bonchev–Trinajstić information content (AvgIpc) is 3.66. The number of fused-ring (bicyclic) bond motifs is 2. The van der Waals surface area contributed by atoms with Gasteiger partial charge in [-0.25, -0.2) is 0 Å². The molecule has 41 heavy (non-hydrogen) atoms. The van der Waals surface area contributed by atoms with Gasteiger partial charge in [-0.1, -0.05) is 55.2 Å². The van der Waals surface area contributed by atoms with Gasteiger partial charge in [-0.2, -0.15) is 13.2 Å². The Balaban J connectivity index is 1.38. The van der Waals surface area contributed by atoms with Gasteiger partial charge in [-0.15, -0.1) is 0 Å². The lowest BCUT2D eigenvalue weighted by Crippen LogP contribution is -2.58. The molecule has 3 fully saturated rings. The fraction of sp³-hybridized carbons (Fsp3) is 0.548. The van der Waals surface area contributed by atoms with Crippen molar-refractivity contribution in [1.82, 2.24) is 15.5 Å². The Morgan fingerprint density at radius 3 is 2.20 bits per heavy atom. The minimum atomic E-state index is -4.45. The van der Waals surface area contributed by atoms with Crippen LogP contribution in [0.1, 0.15) is 69.1 Å². The number of rotatable bonds is 9. The number of nitrogens with one attached hydrogen (secondary N) is 2. The molecular formula is C31H36Cl2F3N3O2. The van der Waals surface area contributed by atoms with Gasteiger partial charge in [-0.05, 0) is 86.4 Å². The number of carbonyl (C=O) groups excluding carboxylic acids is 2. The van der Waals surface area contributed by atoms with Crippen molar-refractivity contribution in [2.45, 2.75) is 94.6 Å². The van der Waals surface area contributed by atoms with Crippen molar-refractivity contribution in [2.24, 2.45) is 5.92 Å². The van der Waals surface area contributed by atoms with E-state index in [2.05, 4.69) is 24.5 Å². The maximum atomic E-state index is 14.2. The first-order chi connectivity index (χ1) is 19.4. The van der Waals surface area contributed by atoms with Gasteiger partial charge in [0, 0.05) is 34.6 Å². The van der Waals surface area contributed by atoms with Crippen molar-refractivity contribution in [2.75, 3.05) is 6.54 Å². The maximum Gasteiger partial charge on any atom is 0.416 e. The van der Waals surface area contributed by atoms with Crippen molar-refractivity contribution in [3.8, 4) is 0 Å². The van der Waals surface area contributed by atoms with E-state index in [1.165, 1.54) is 12.1 Å². The third kappa shape index (κ3) is 6.55. The summed E-state index contributed by atoms with van der Waals surface area (Å²) in [4.78, 5) is 29.9. The lowest BCUT2D eigenvalue weighted by Gasteiger charge is -2.41. The third-order valence-corrected chi connectivity index (χ3v) is 9.31. The Kier molecular flexibility index (Phi) is 8.66. The van der Waals surface area contributed by atoms with Crippen molar-refractivity contribution < 1.29 is 22.8 Å². The number of amides is 2. The second-order valence-electron chi connectivity index (χ2n) is 12.2. The molecule has 222 valence electrons. The number of halogens is 5. The van der Waals surface area contributed by atoms with Crippen LogP contribution in [0.25, 0.3) is 0 Å². The molecule has 2 saturated heterocycles. The maximum absolute atomic E-state index is 14.2. The van der Waals surface area contributed by atoms with Crippen LogP contribution in [0.3, 0.4) is 0 Å². The highest BCUT2D eigenvalue weighted by molar-refractivity contribution is 6.35. The number of piperidine rings is 1. The second kappa shape index (κ2) is 11.8. The molecular weight excluding hydrogens is 574 g/mol. The number of hydrogen-bond acceptors (Lipinski definition) is 3. The number of hydrogen-bond donors (Lipinski definition) is 2. The fourth-order valence-electron chi connectivity index (χ4n) is 6.47. The van der Waals surface area contributed by atoms with Crippen molar-refractivity contribution in [3.05, 3.63) is 69.2 Å². The average molecular weight is 611 g/mol. The number of nitrogens with zero attached hydrogens (tertiary/aromatic N) is 1. The molecule has 1 aliphatic carbocycles. The Morgan fingerprint density at radius 1 is 1.02 bits per heavy atom. The lowest BCUT2D eigenvalue weighted by molar-refractivity contribution is -0.141. The van der Waals surface area contributed by atoms with Gasteiger partial charge in [0.05, 0.1) is 11.0 Å². The van der Waals surface area contributed by atoms with E-state index in [0.717, 1.165) is 44.4 Å². The summed E-state index contributed by atoms with van der Waals surface area (Å²) in [6, 6.07) is 9.41. The molecule has 5 nitrogen and oxygen atoms in total. The molecule has 0 spiro atoms.